The van der Waals surface area contributed by atoms with Crippen LogP contribution in [0.2, 0.25) is 0 Å². The van der Waals surface area contributed by atoms with Gasteiger partial charge in [-0.2, -0.15) is 10.1 Å². The Balaban J connectivity index is 1.35. The minimum atomic E-state index is -0.689. The number of nitrogens with one attached hydrogen (secondary N) is 1. The molecular formula is C27H23FN4O2S. The fourth-order valence-electron chi connectivity index (χ4n) is 4.08. The molecule has 0 aliphatic carbocycles. The van der Waals surface area contributed by atoms with Gasteiger partial charge in [0.25, 0.3) is 5.91 Å². The van der Waals surface area contributed by atoms with Crippen molar-refractivity contribution < 1.29 is 14.0 Å². The van der Waals surface area contributed by atoms with Gasteiger partial charge >= 0.3 is 0 Å². The zero-order valence-electron chi connectivity index (χ0n) is 19.0. The monoisotopic (exact) mass is 486 g/mol. The predicted octanol–water partition coefficient (Wildman–Crippen LogP) is 5.31. The molecule has 5 rings (SSSR count). The quantitative estimate of drug-likeness (QED) is 0.530. The molecule has 2 heterocycles. The summed E-state index contributed by atoms with van der Waals surface area (Å²) in [5.74, 6) is -1.36. The maximum Gasteiger partial charge on any atom is 0.262 e. The van der Waals surface area contributed by atoms with Crippen LogP contribution in [-0.4, -0.2) is 33.0 Å². The molecule has 35 heavy (non-hydrogen) atoms. The van der Waals surface area contributed by atoms with E-state index < -0.39 is 17.0 Å². The van der Waals surface area contributed by atoms with Crippen molar-refractivity contribution in [3.05, 3.63) is 101 Å². The van der Waals surface area contributed by atoms with E-state index in [2.05, 4.69) is 34.6 Å². The number of aliphatic imine (C=N–C) groups is 1. The molecular weight excluding hydrogens is 463 g/mol. The molecule has 3 aromatic carbocycles. The Labute approximate surface area is 207 Å². The van der Waals surface area contributed by atoms with Crippen molar-refractivity contribution in [3.8, 4) is 0 Å². The second-order valence-electron chi connectivity index (χ2n) is 8.46. The SMILES string of the molecule is Cc1ccc([C@H]2CC(c3ccccc3)=NN2C2=NC(=O)[C@H](CC(=O)Nc3ccccc3F)S2)cc1. The number of rotatable bonds is 5. The highest BCUT2D eigenvalue weighted by Gasteiger charge is 2.39. The number of amides is 2. The van der Waals surface area contributed by atoms with Gasteiger partial charge < -0.3 is 5.32 Å². The summed E-state index contributed by atoms with van der Waals surface area (Å²) in [6.07, 6.45) is 0.558. The third-order valence-electron chi connectivity index (χ3n) is 5.92. The number of hydrogen-bond donors (Lipinski definition) is 1. The first-order chi connectivity index (χ1) is 17.0. The van der Waals surface area contributed by atoms with E-state index >= 15 is 0 Å². The molecule has 176 valence electrons. The molecule has 3 aromatic rings. The van der Waals surface area contributed by atoms with Crippen LogP contribution < -0.4 is 5.32 Å². The number of hydrazone groups is 1. The van der Waals surface area contributed by atoms with Crippen LogP contribution in [0.3, 0.4) is 0 Å². The molecule has 0 radical (unpaired) electrons. The number of anilines is 1. The molecule has 2 aliphatic rings. The van der Waals surface area contributed by atoms with Crippen LogP contribution in [-0.2, 0) is 9.59 Å². The number of nitrogens with zero attached hydrogens (tertiary/aromatic N) is 3. The smallest absolute Gasteiger partial charge is 0.262 e. The van der Waals surface area contributed by atoms with Crippen molar-refractivity contribution in [3.63, 3.8) is 0 Å². The Kier molecular flexibility index (Phi) is 6.46. The van der Waals surface area contributed by atoms with Crippen molar-refractivity contribution in [2.45, 2.75) is 31.1 Å². The fourth-order valence-corrected chi connectivity index (χ4v) is 5.14. The summed E-state index contributed by atoms with van der Waals surface area (Å²) in [4.78, 5) is 29.5. The number of para-hydroxylation sites is 1. The summed E-state index contributed by atoms with van der Waals surface area (Å²) in [7, 11) is 0. The molecule has 6 nitrogen and oxygen atoms in total. The van der Waals surface area contributed by atoms with Crippen molar-refractivity contribution in [2.24, 2.45) is 10.1 Å². The Morgan fingerprint density at radius 2 is 1.77 bits per heavy atom. The molecule has 2 amide bonds. The zero-order chi connectivity index (χ0) is 24.4. The van der Waals surface area contributed by atoms with Crippen LogP contribution in [0.4, 0.5) is 10.1 Å². The van der Waals surface area contributed by atoms with Crippen molar-refractivity contribution in [2.75, 3.05) is 5.32 Å². The molecule has 0 saturated carbocycles. The summed E-state index contributed by atoms with van der Waals surface area (Å²) < 4.78 is 13.9. The highest BCUT2D eigenvalue weighted by molar-refractivity contribution is 8.15. The van der Waals surface area contributed by atoms with Gasteiger partial charge in [0.05, 0.1) is 17.4 Å². The molecule has 0 unspecified atom stereocenters. The lowest BCUT2D eigenvalue weighted by atomic mass is 9.98. The van der Waals surface area contributed by atoms with Gasteiger partial charge in [0, 0.05) is 12.8 Å². The van der Waals surface area contributed by atoms with E-state index in [1.165, 1.54) is 23.9 Å². The van der Waals surface area contributed by atoms with Gasteiger partial charge in [0.2, 0.25) is 5.91 Å². The van der Waals surface area contributed by atoms with Crippen molar-refractivity contribution in [1.29, 1.82) is 0 Å². The third kappa shape index (κ3) is 5.02. The van der Waals surface area contributed by atoms with Crippen LogP contribution in [0.25, 0.3) is 0 Å². The van der Waals surface area contributed by atoms with Gasteiger partial charge in [0.1, 0.15) is 11.1 Å². The minimum Gasteiger partial charge on any atom is -0.324 e. The molecule has 0 fully saturated rings. The second kappa shape index (κ2) is 9.84. The lowest BCUT2D eigenvalue weighted by molar-refractivity contribution is -0.121. The maximum absolute atomic E-state index is 13.9. The number of hydrogen-bond acceptors (Lipinski definition) is 5. The summed E-state index contributed by atoms with van der Waals surface area (Å²) in [6, 6.07) is 24.0. The van der Waals surface area contributed by atoms with Gasteiger partial charge in [0.15, 0.2) is 5.17 Å². The predicted molar refractivity (Wildman–Crippen MR) is 137 cm³/mol. The largest absolute Gasteiger partial charge is 0.324 e. The highest BCUT2D eigenvalue weighted by atomic mass is 32.2. The van der Waals surface area contributed by atoms with Crippen LogP contribution in [0, 0.1) is 12.7 Å². The van der Waals surface area contributed by atoms with E-state index in [0.717, 1.165) is 22.4 Å². The van der Waals surface area contributed by atoms with Crippen molar-refractivity contribution >= 4 is 40.1 Å². The summed E-state index contributed by atoms with van der Waals surface area (Å²) in [5.41, 5.74) is 4.24. The van der Waals surface area contributed by atoms with Gasteiger partial charge in [-0.1, -0.05) is 84.1 Å². The third-order valence-corrected chi connectivity index (χ3v) is 7.07. The Morgan fingerprint density at radius 3 is 2.51 bits per heavy atom. The Morgan fingerprint density at radius 1 is 1.06 bits per heavy atom. The number of carbonyl (C=O) groups is 2. The summed E-state index contributed by atoms with van der Waals surface area (Å²) in [5, 5.41) is 8.96. The number of amidine groups is 1. The van der Waals surface area contributed by atoms with E-state index in [-0.39, 0.29) is 24.1 Å². The van der Waals surface area contributed by atoms with Gasteiger partial charge in [-0.3, -0.25) is 9.59 Å². The van der Waals surface area contributed by atoms with E-state index in [9.17, 15) is 14.0 Å². The molecule has 1 N–H and O–H groups in total. The van der Waals surface area contributed by atoms with Crippen LogP contribution in [0.5, 0.6) is 0 Å². The van der Waals surface area contributed by atoms with Gasteiger partial charge in [-0.15, -0.1) is 0 Å². The van der Waals surface area contributed by atoms with Gasteiger partial charge in [-0.25, -0.2) is 9.40 Å². The lowest BCUT2D eigenvalue weighted by Gasteiger charge is -2.23. The molecule has 0 spiro atoms. The Bertz CT molecular complexity index is 1320. The highest BCUT2D eigenvalue weighted by Crippen LogP contribution is 2.38. The first-order valence-electron chi connectivity index (χ1n) is 11.3. The average molecular weight is 487 g/mol. The summed E-state index contributed by atoms with van der Waals surface area (Å²) >= 11 is 1.22. The fraction of sp³-hybridized carbons (Fsp3) is 0.185. The molecule has 2 atom stereocenters. The first kappa shape index (κ1) is 23.0. The van der Waals surface area contributed by atoms with Crippen LogP contribution in [0.15, 0.2) is 89.0 Å². The zero-order valence-corrected chi connectivity index (χ0v) is 19.8. The molecule has 0 bridgehead atoms. The van der Waals surface area contributed by atoms with Crippen LogP contribution in [0.1, 0.15) is 35.6 Å². The molecule has 2 aliphatic heterocycles. The second-order valence-corrected chi connectivity index (χ2v) is 9.63. The molecule has 0 aromatic heterocycles. The van der Waals surface area contributed by atoms with E-state index in [0.29, 0.717) is 11.6 Å². The van der Waals surface area contributed by atoms with E-state index in [1.54, 1.807) is 17.1 Å². The van der Waals surface area contributed by atoms with E-state index in [4.69, 9.17) is 5.10 Å². The Hall–Kier alpha value is -3.78. The molecule has 0 saturated heterocycles. The first-order valence-corrected chi connectivity index (χ1v) is 12.2. The molecule has 8 heteroatoms. The number of halogens is 1. The number of thioether (sulfide) groups is 1. The minimum absolute atomic E-state index is 0.0881. The number of carbonyl (C=O) groups excluding carboxylic acids is 2. The number of benzene rings is 3. The summed E-state index contributed by atoms with van der Waals surface area (Å²) in [6.45, 7) is 2.04. The lowest BCUT2D eigenvalue weighted by Crippen LogP contribution is -2.25. The van der Waals surface area contributed by atoms with Gasteiger partial charge in [-0.05, 0) is 30.2 Å². The van der Waals surface area contributed by atoms with Crippen molar-refractivity contribution in [1.82, 2.24) is 5.01 Å². The average Bonchev–Trinajstić information content (AvgIpc) is 3.46. The van der Waals surface area contributed by atoms with E-state index in [1.807, 2.05) is 37.3 Å². The van der Waals surface area contributed by atoms with Crippen LogP contribution >= 0.6 is 11.8 Å². The number of aryl methyl sites for hydroxylation is 1. The topological polar surface area (TPSA) is 74.1 Å². The normalized spacial score (nSPS) is 19.5. The standard InChI is InChI=1S/C27H23FN4O2S/c1-17-11-13-19(14-12-17)23-15-22(18-7-3-2-4-8-18)31-32(23)27-30-26(34)24(35-27)16-25(33)29-21-10-6-5-9-20(21)28/h2-14,23-24H,15-16H2,1H3,(H,29,33)/t23-,24+/m1/s1. The maximum atomic E-state index is 13.9.